The number of fused-ring (bicyclic) bond motifs is 1. The summed E-state index contributed by atoms with van der Waals surface area (Å²) in [6, 6.07) is 9.43. The van der Waals surface area contributed by atoms with E-state index in [0.29, 0.717) is 6.42 Å². The van der Waals surface area contributed by atoms with Gasteiger partial charge >= 0.3 is 0 Å². The molecule has 0 saturated carbocycles. The van der Waals surface area contributed by atoms with Gasteiger partial charge < -0.3 is 21.4 Å². The molecule has 2 heterocycles. The summed E-state index contributed by atoms with van der Waals surface area (Å²) in [7, 11) is 0. The highest BCUT2D eigenvalue weighted by molar-refractivity contribution is 6.08. The van der Waals surface area contributed by atoms with Crippen LogP contribution in [0.1, 0.15) is 37.7 Å². The Labute approximate surface area is 160 Å². The van der Waals surface area contributed by atoms with Crippen molar-refractivity contribution in [3.8, 4) is 0 Å². The smallest absolute Gasteiger partial charge is 0.225 e. The normalized spacial score (nSPS) is 15.6. The van der Waals surface area contributed by atoms with Crippen LogP contribution >= 0.6 is 0 Å². The minimum Gasteiger partial charge on any atom is -0.385 e. The maximum absolute atomic E-state index is 12.1. The summed E-state index contributed by atoms with van der Waals surface area (Å²) in [6.45, 7) is 3.24. The van der Waals surface area contributed by atoms with Crippen LogP contribution in [-0.2, 0) is 4.79 Å². The van der Waals surface area contributed by atoms with Gasteiger partial charge in [0.15, 0.2) is 0 Å². The number of carbonyl (C=O) groups excluding carboxylic acids is 1. The van der Waals surface area contributed by atoms with Gasteiger partial charge in [0.2, 0.25) is 5.91 Å². The van der Waals surface area contributed by atoms with Gasteiger partial charge in [0.25, 0.3) is 0 Å². The van der Waals surface area contributed by atoms with Crippen LogP contribution in [0.5, 0.6) is 0 Å². The molecule has 0 atom stereocenters. The minimum atomic E-state index is -0.101. The minimum absolute atomic E-state index is 0.101. The van der Waals surface area contributed by atoms with Gasteiger partial charge in [0, 0.05) is 29.6 Å². The zero-order valence-corrected chi connectivity index (χ0v) is 15.6. The molecule has 1 aromatic heterocycles. The first-order chi connectivity index (χ1) is 13.1. The van der Waals surface area contributed by atoms with E-state index in [0.717, 1.165) is 42.5 Å². The summed E-state index contributed by atoms with van der Waals surface area (Å²) in [5, 5.41) is 11.9. The number of hydrogen-bond donors (Lipinski definition) is 3. The van der Waals surface area contributed by atoms with Crippen molar-refractivity contribution >= 4 is 22.5 Å². The quantitative estimate of drug-likeness (QED) is 0.658. The van der Waals surface area contributed by atoms with Crippen molar-refractivity contribution in [2.45, 2.75) is 32.1 Å². The number of rotatable bonds is 7. The van der Waals surface area contributed by atoms with Crippen molar-refractivity contribution in [2.24, 2.45) is 5.73 Å². The average molecular weight is 365 g/mol. The van der Waals surface area contributed by atoms with Gasteiger partial charge in [-0.2, -0.15) is 0 Å². The first-order valence-electron chi connectivity index (χ1n) is 9.55. The summed E-state index contributed by atoms with van der Waals surface area (Å²) >= 11 is 0. The zero-order valence-electron chi connectivity index (χ0n) is 15.6. The molecule has 0 aliphatic carbocycles. The summed E-state index contributed by atoms with van der Waals surface area (Å²) in [5.41, 5.74) is 7.78. The second kappa shape index (κ2) is 9.28. The van der Waals surface area contributed by atoms with E-state index in [1.165, 1.54) is 25.3 Å². The van der Waals surface area contributed by atoms with E-state index in [4.69, 9.17) is 11.1 Å². The molecule has 1 fully saturated rings. The van der Waals surface area contributed by atoms with Gasteiger partial charge in [-0.25, -0.2) is 0 Å². The Kier molecular flexibility index (Phi) is 6.54. The Morgan fingerprint density at radius 3 is 2.89 bits per heavy atom. The topological polar surface area (TPSA) is 95.1 Å². The van der Waals surface area contributed by atoms with Crippen LogP contribution in [0.25, 0.3) is 10.9 Å². The van der Waals surface area contributed by atoms with Crippen molar-refractivity contribution in [1.82, 2.24) is 15.2 Å². The highest BCUT2D eigenvalue weighted by atomic mass is 16.1. The summed E-state index contributed by atoms with van der Waals surface area (Å²) < 4.78 is 0. The van der Waals surface area contributed by atoms with Crippen LogP contribution in [0.2, 0.25) is 0 Å². The van der Waals surface area contributed by atoms with E-state index < -0.39 is 0 Å². The first kappa shape index (κ1) is 19.0. The second-order valence-corrected chi connectivity index (χ2v) is 6.98. The predicted octanol–water partition coefficient (Wildman–Crippen LogP) is 2.79. The van der Waals surface area contributed by atoms with Crippen molar-refractivity contribution in [1.29, 1.82) is 5.41 Å². The van der Waals surface area contributed by atoms with E-state index in [1.807, 2.05) is 30.3 Å². The molecule has 3 rings (SSSR count). The number of aromatic nitrogens is 1. The number of allylic oxidation sites excluding steroid dienone is 1. The summed E-state index contributed by atoms with van der Waals surface area (Å²) in [5.74, 6) is 0.102. The number of hydrogen-bond acceptors (Lipinski definition) is 5. The molecule has 1 saturated heterocycles. The number of pyridine rings is 1. The van der Waals surface area contributed by atoms with Crippen LogP contribution in [0.15, 0.2) is 48.4 Å². The highest BCUT2D eigenvalue weighted by Crippen LogP contribution is 2.14. The molecule has 0 bridgehead atoms. The summed E-state index contributed by atoms with van der Waals surface area (Å²) in [6.07, 6.45) is 8.34. The number of nitrogens with zero attached hydrogens (tertiary/aromatic N) is 2. The molecule has 0 unspecified atom stereocenters. The lowest BCUT2D eigenvalue weighted by Gasteiger charge is -2.26. The highest BCUT2D eigenvalue weighted by Gasteiger charge is 2.11. The van der Waals surface area contributed by atoms with E-state index in [-0.39, 0.29) is 17.4 Å². The number of nitrogens with one attached hydrogen (secondary N) is 2. The zero-order chi connectivity index (χ0) is 19.1. The van der Waals surface area contributed by atoms with Gasteiger partial charge in [0.05, 0.1) is 11.2 Å². The molecule has 6 heteroatoms. The fourth-order valence-electron chi connectivity index (χ4n) is 3.39. The maximum Gasteiger partial charge on any atom is 0.225 e. The molecular formula is C21H27N5O. The molecule has 0 spiro atoms. The van der Waals surface area contributed by atoms with Crippen molar-refractivity contribution in [2.75, 3.05) is 19.6 Å². The summed E-state index contributed by atoms with van der Waals surface area (Å²) in [4.78, 5) is 18.7. The molecule has 6 nitrogen and oxygen atoms in total. The van der Waals surface area contributed by atoms with E-state index in [1.54, 1.807) is 6.20 Å². The van der Waals surface area contributed by atoms with Gasteiger partial charge in [-0.1, -0.05) is 18.6 Å². The molecule has 1 aliphatic heterocycles. The third-order valence-electron chi connectivity index (χ3n) is 4.82. The maximum atomic E-state index is 12.1. The SMILES string of the molecule is N=C(/C=C(\N)NC(=O)CCCN1CCCCC1)c1ccc2ncccc2c1. The monoisotopic (exact) mass is 365 g/mol. The van der Waals surface area contributed by atoms with Gasteiger partial charge in [-0.05, 0) is 57.1 Å². The lowest BCUT2D eigenvalue weighted by Crippen LogP contribution is -2.32. The Balaban J connectivity index is 1.49. The Morgan fingerprint density at radius 1 is 1.26 bits per heavy atom. The largest absolute Gasteiger partial charge is 0.385 e. The van der Waals surface area contributed by atoms with E-state index >= 15 is 0 Å². The Morgan fingerprint density at radius 2 is 2.07 bits per heavy atom. The van der Waals surface area contributed by atoms with Crippen LogP contribution in [0.4, 0.5) is 0 Å². The van der Waals surface area contributed by atoms with Gasteiger partial charge in [0.1, 0.15) is 5.82 Å². The number of carbonyl (C=O) groups is 1. The third-order valence-corrected chi connectivity index (χ3v) is 4.82. The third kappa shape index (κ3) is 5.62. The molecule has 4 N–H and O–H groups in total. The van der Waals surface area contributed by atoms with E-state index in [2.05, 4.69) is 15.2 Å². The van der Waals surface area contributed by atoms with Crippen LogP contribution < -0.4 is 11.1 Å². The van der Waals surface area contributed by atoms with Crippen LogP contribution in [0.3, 0.4) is 0 Å². The number of nitrogens with two attached hydrogens (primary N) is 1. The van der Waals surface area contributed by atoms with Crippen molar-refractivity contribution in [3.63, 3.8) is 0 Å². The molecule has 27 heavy (non-hydrogen) atoms. The molecule has 1 aromatic carbocycles. The Bertz CT molecular complexity index is 839. The Hall–Kier alpha value is -2.73. The van der Waals surface area contributed by atoms with Gasteiger partial charge in [-0.3, -0.25) is 9.78 Å². The molecular weight excluding hydrogens is 338 g/mol. The number of likely N-dealkylation sites (tertiary alicyclic amines) is 1. The van der Waals surface area contributed by atoms with Crippen LogP contribution in [-0.4, -0.2) is 41.1 Å². The molecule has 1 aliphatic rings. The lowest BCUT2D eigenvalue weighted by atomic mass is 10.1. The van der Waals surface area contributed by atoms with Crippen molar-refractivity contribution in [3.05, 3.63) is 54.0 Å². The molecule has 1 amide bonds. The van der Waals surface area contributed by atoms with Gasteiger partial charge in [-0.15, -0.1) is 0 Å². The fourth-order valence-corrected chi connectivity index (χ4v) is 3.39. The second-order valence-electron chi connectivity index (χ2n) is 6.98. The molecule has 0 radical (unpaired) electrons. The standard InChI is InChI=1S/C21H27N5O/c22-18(16-8-9-19-17(14-16)6-4-10-24-19)15-20(23)25-21(27)7-5-13-26-11-2-1-3-12-26/h4,6,8-10,14-15,22H,1-3,5,7,11-13,23H2,(H,25,27)/b20-15+,22-18?. The van der Waals surface area contributed by atoms with Crippen molar-refractivity contribution < 1.29 is 4.79 Å². The first-order valence-corrected chi connectivity index (χ1v) is 9.55. The fraction of sp³-hybridized carbons (Fsp3) is 0.381. The lowest BCUT2D eigenvalue weighted by molar-refractivity contribution is -0.120. The molecule has 2 aromatic rings. The number of piperidine rings is 1. The predicted molar refractivity (Wildman–Crippen MR) is 109 cm³/mol. The van der Waals surface area contributed by atoms with E-state index in [9.17, 15) is 4.79 Å². The molecule has 142 valence electrons. The number of benzene rings is 1. The average Bonchev–Trinajstić information content (AvgIpc) is 2.68. The van der Waals surface area contributed by atoms with Crippen LogP contribution in [0, 0.1) is 5.41 Å². The number of amides is 1.